The van der Waals surface area contributed by atoms with Crippen molar-refractivity contribution in [3.8, 4) is 55.6 Å². The molecular weight excluding hydrogens is 863 g/mol. The summed E-state index contributed by atoms with van der Waals surface area (Å²) in [4.78, 5) is 5.05. The zero-order valence-electron chi connectivity index (χ0n) is 38.2. The quantitative estimate of drug-likeness (QED) is 0.169. The van der Waals surface area contributed by atoms with Crippen molar-refractivity contribution in [2.24, 2.45) is 0 Å². The number of anilines is 3. The highest BCUT2D eigenvalue weighted by molar-refractivity contribution is 7.99. The number of hydrogen-bond acceptors (Lipinski definition) is 2. The summed E-state index contributed by atoms with van der Waals surface area (Å²) in [5.74, 6) is 0. The Labute approximate surface area is 413 Å². The van der Waals surface area contributed by atoms with E-state index in [-0.39, 0.29) is 0 Å². The van der Waals surface area contributed by atoms with Gasteiger partial charge in [0.05, 0.1) is 10.8 Å². The first kappa shape index (κ1) is 39.6. The maximum absolute atomic E-state index is 2.48. The predicted octanol–water partition coefficient (Wildman–Crippen LogP) is 17.7. The molecule has 11 aromatic rings. The van der Waals surface area contributed by atoms with Gasteiger partial charge >= 0.3 is 0 Å². The van der Waals surface area contributed by atoms with E-state index in [2.05, 4.69) is 266 Å². The molecule has 0 N–H and O–H groups in total. The van der Waals surface area contributed by atoms with Gasteiger partial charge < -0.3 is 4.90 Å². The zero-order chi connectivity index (χ0) is 46.0. The molecule has 15 rings (SSSR count). The van der Waals surface area contributed by atoms with Crippen LogP contribution in [0.15, 0.2) is 271 Å². The zero-order valence-corrected chi connectivity index (χ0v) is 39.0. The molecule has 0 unspecified atom stereocenters. The minimum Gasteiger partial charge on any atom is -0.310 e. The molecule has 0 aromatic heterocycles. The van der Waals surface area contributed by atoms with Gasteiger partial charge in [-0.3, -0.25) is 0 Å². The fourth-order valence-corrected chi connectivity index (χ4v) is 14.3. The molecule has 0 atom stereocenters. The molecule has 2 spiro atoms. The fourth-order valence-electron chi connectivity index (χ4n) is 13.1. The molecule has 2 heteroatoms. The van der Waals surface area contributed by atoms with Crippen LogP contribution >= 0.6 is 11.8 Å². The highest BCUT2D eigenvalue weighted by Crippen LogP contribution is 2.65. The third-order valence-corrected chi connectivity index (χ3v) is 16.9. The summed E-state index contributed by atoms with van der Waals surface area (Å²) in [5.41, 5.74) is 26.0. The van der Waals surface area contributed by atoms with Crippen molar-refractivity contribution in [3.63, 3.8) is 0 Å². The molecule has 326 valence electrons. The molecule has 1 aliphatic heterocycles. The van der Waals surface area contributed by atoms with Gasteiger partial charge in [0.2, 0.25) is 0 Å². The van der Waals surface area contributed by atoms with Crippen LogP contribution in [0.1, 0.15) is 44.5 Å². The van der Waals surface area contributed by atoms with E-state index in [4.69, 9.17) is 0 Å². The van der Waals surface area contributed by atoms with Crippen molar-refractivity contribution in [3.05, 3.63) is 305 Å². The largest absolute Gasteiger partial charge is 0.310 e. The Balaban J connectivity index is 0.880. The summed E-state index contributed by atoms with van der Waals surface area (Å²) in [5, 5.41) is 0. The van der Waals surface area contributed by atoms with Crippen LogP contribution in [0.4, 0.5) is 17.1 Å². The molecule has 0 amide bonds. The Morgan fingerprint density at radius 3 is 1.24 bits per heavy atom. The first-order valence-corrected chi connectivity index (χ1v) is 25.2. The van der Waals surface area contributed by atoms with Crippen LogP contribution in [0, 0.1) is 0 Å². The maximum atomic E-state index is 2.48. The lowest BCUT2D eigenvalue weighted by atomic mass is 9.67. The van der Waals surface area contributed by atoms with Crippen molar-refractivity contribution < 1.29 is 0 Å². The molecule has 0 fully saturated rings. The van der Waals surface area contributed by atoms with E-state index < -0.39 is 10.8 Å². The summed E-state index contributed by atoms with van der Waals surface area (Å²) < 4.78 is 0. The van der Waals surface area contributed by atoms with Crippen LogP contribution < -0.4 is 4.90 Å². The van der Waals surface area contributed by atoms with Crippen LogP contribution in [0.3, 0.4) is 0 Å². The van der Waals surface area contributed by atoms with E-state index in [0.717, 1.165) is 17.1 Å². The molecule has 1 nitrogen and oxygen atoms in total. The van der Waals surface area contributed by atoms with Gasteiger partial charge in [-0.2, -0.15) is 0 Å². The van der Waals surface area contributed by atoms with E-state index in [0.29, 0.717) is 0 Å². The highest BCUT2D eigenvalue weighted by atomic mass is 32.2. The predicted molar refractivity (Wildman–Crippen MR) is 290 cm³/mol. The van der Waals surface area contributed by atoms with Crippen molar-refractivity contribution in [1.82, 2.24) is 0 Å². The molecule has 70 heavy (non-hydrogen) atoms. The summed E-state index contributed by atoms with van der Waals surface area (Å²) in [7, 11) is 0. The Morgan fingerprint density at radius 2 is 0.643 bits per heavy atom. The first-order chi connectivity index (χ1) is 34.7. The average Bonchev–Trinajstić information content (AvgIpc) is 4.02. The second-order valence-electron chi connectivity index (χ2n) is 19.0. The van der Waals surface area contributed by atoms with E-state index in [9.17, 15) is 0 Å². The monoisotopic (exact) mass is 905 g/mol. The highest BCUT2D eigenvalue weighted by Gasteiger charge is 2.53. The average molecular weight is 906 g/mol. The summed E-state index contributed by atoms with van der Waals surface area (Å²) >= 11 is 1.89. The molecule has 0 bridgehead atoms. The van der Waals surface area contributed by atoms with Gasteiger partial charge in [-0.15, -0.1) is 0 Å². The van der Waals surface area contributed by atoms with Crippen molar-refractivity contribution in [2.45, 2.75) is 20.6 Å². The van der Waals surface area contributed by atoms with Gasteiger partial charge in [-0.25, -0.2) is 0 Å². The molecule has 0 radical (unpaired) electrons. The van der Waals surface area contributed by atoms with Crippen LogP contribution in [-0.4, -0.2) is 0 Å². The van der Waals surface area contributed by atoms with Gasteiger partial charge in [0.25, 0.3) is 0 Å². The fraction of sp³-hybridized carbons (Fsp3) is 0.0294. The van der Waals surface area contributed by atoms with E-state index in [1.165, 1.54) is 110 Å². The van der Waals surface area contributed by atoms with E-state index >= 15 is 0 Å². The molecule has 0 saturated carbocycles. The number of fused-ring (bicyclic) bond motifs is 19. The molecule has 11 aromatic carbocycles. The number of para-hydroxylation sites is 1. The number of hydrogen-bond donors (Lipinski definition) is 0. The Bertz CT molecular complexity index is 3850. The van der Waals surface area contributed by atoms with E-state index in [1.807, 2.05) is 11.8 Å². The van der Waals surface area contributed by atoms with Crippen LogP contribution in [0.2, 0.25) is 0 Å². The number of nitrogens with zero attached hydrogens (tertiary/aromatic N) is 1. The van der Waals surface area contributed by atoms with Crippen LogP contribution in [0.25, 0.3) is 55.6 Å². The smallest absolute Gasteiger partial charge is 0.0736 e. The van der Waals surface area contributed by atoms with Crippen LogP contribution in [0.5, 0.6) is 0 Å². The summed E-state index contributed by atoms with van der Waals surface area (Å²) in [6, 6.07) is 97.7. The summed E-state index contributed by atoms with van der Waals surface area (Å²) in [6.07, 6.45) is 0. The van der Waals surface area contributed by atoms with Gasteiger partial charge in [0.15, 0.2) is 0 Å². The van der Waals surface area contributed by atoms with Crippen molar-refractivity contribution in [1.29, 1.82) is 0 Å². The second-order valence-corrected chi connectivity index (χ2v) is 20.1. The maximum Gasteiger partial charge on any atom is 0.0736 e. The van der Waals surface area contributed by atoms with Crippen molar-refractivity contribution >= 4 is 28.8 Å². The minimum atomic E-state index is -0.460. The Morgan fingerprint density at radius 1 is 0.243 bits per heavy atom. The van der Waals surface area contributed by atoms with Gasteiger partial charge in [0.1, 0.15) is 0 Å². The van der Waals surface area contributed by atoms with Gasteiger partial charge in [0, 0.05) is 26.9 Å². The lowest BCUT2D eigenvalue weighted by molar-refractivity contribution is 0.722. The Hall–Kier alpha value is -8.43. The minimum absolute atomic E-state index is 0.394. The third kappa shape index (κ3) is 5.24. The lowest BCUT2D eigenvalue weighted by Gasteiger charge is -2.40. The topological polar surface area (TPSA) is 3.24 Å². The number of rotatable bonds is 5. The third-order valence-electron chi connectivity index (χ3n) is 15.8. The normalized spacial score (nSPS) is 14.2. The first-order valence-electron chi connectivity index (χ1n) is 24.3. The standard InChI is InChI=1S/C68H43NS/c1-2-19-45(20-3-1)69(47-41-42-53-52-25-8-12-30-58(52)68(63(53)43-47)60-32-14-16-35-64(60)70-65-36-17-15-33-61(65)68)46-39-37-44(38-40-46)48-21-4-5-22-49(48)54-27-18-34-62-66(54)55-26-9-13-31-59(55)67(62)56-28-10-6-23-50(56)51-24-7-11-29-57(51)67/h1-43H. The Kier molecular flexibility index (Phi) is 8.49. The summed E-state index contributed by atoms with van der Waals surface area (Å²) in [6.45, 7) is 0. The molecular formula is C68H43NS. The lowest BCUT2D eigenvalue weighted by Crippen LogP contribution is -2.32. The van der Waals surface area contributed by atoms with E-state index in [1.54, 1.807) is 0 Å². The molecule has 0 saturated heterocycles. The molecule has 3 aliphatic carbocycles. The second kappa shape index (κ2) is 15.0. The number of benzene rings is 11. The van der Waals surface area contributed by atoms with Gasteiger partial charge in [-0.1, -0.05) is 224 Å². The van der Waals surface area contributed by atoms with Crippen molar-refractivity contribution in [2.75, 3.05) is 4.90 Å². The molecule has 1 heterocycles. The van der Waals surface area contributed by atoms with Crippen LogP contribution in [-0.2, 0) is 10.8 Å². The SMILES string of the molecule is c1ccc(N(c2ccc(-c3ccccc3-c3cccc4c3-c3ccccc3C43c4ccccc4-c4ccccc43)cc2)c2ccc3c(c2)C2(c4ccccc4Sc4ccccc42)c2ccccc2-3)cc1. The van der Waals surface area contributed by atoms with Gasteiger partial charge in [-0.05, 0) is 149 Å². The molecule has 4 aliphatic rings.